The van der Waals surface area contributed by atoms with Crippen LogP contribution in [0.2, 0.25) is 0 Å². The van der Waals surface area contributed by atoms with Crippen LogP contribution in [0.1, 0.15) is 44.8 Å². The summed E-state index contributed by atoms with van der Waals surface area (Å²) in [5, 5.41) is 10.7. The fourth-order valence-corrected chi connectivity index (χ4v) is 3.15. The molecule has 0 spiro atoms. The van der Waals surface area contributed by atoms with Gasteiger partial charge in [-0.15, -0.1) is 0 Å². The fourth-order valence-electron chi connectivity index (χ4n) is 3.15. The smallest absolute Gasteiger partial charge is 0.122 e. The minimum atomic E-state index is -0.436. The van der Waals surface area contributed by atoms with Crippen LogP contribution in [0.15, 0.2) is 18.2 Å². The van der Waals surface area contributed by atoms with E-state index in [1.807, 2.05) is 18.2 Å². The van der Waals surface area contributed by atoms with Crippen LogP contribution in [0.3, 0.4) is 0 Å². The van der Waals surface area contributed by atoms with Crippen LogP contribution in [-0.2, 0) is 0 Å². The molecule has 1 aliphatic carbocycles. The predicted octanol–water partition coefficient (Wildman–Crippen LogP) is 3.81. The van der Waals surface area contributed by atoms with Gasteiger partial charge < -0.3 is 14.6 Å². The second-order valence-corrected chi connectivity index (χ2v) is 6.12. The van der Waals surface area contributed by atoms with Crippen molar-refractivity contribution in [3.63, 3.8) is 0 Å². The Kier molecular flexibility index (Phi) is 4.92. The van der Waals surface area contributed by atoms with Crippen molar-refractivity contribution in [3.8, 4) is 11.5 Å². The molecule has 0 amide bonds. The van der Waals surface area contributed by atoms with Crippen molar-refractivity contribution in [1.29, 1.82) is 0 Å². The van der Waals surface area contributed by atoms with Gasteiger partial charge in [0.05, 0.1) is 20.3 Å². The minimum absolute atomic E-state index is 0.331. The highest BCUT2D eigenvalue weighted by Crippen LogP contribution is 2.41. The molecule has 112 valence electrons. The van der Waals surface area contributed by atoms with Crippen molar-refractivity contribution in [3.05, 3.63) is 23.8 Å². The zero-order valence-corrected chi connectivity index (χ0v) is 12.9. The second-order valence-electron chi connectivity index (χ2n) is 6.12. The number of rotatable bonds is 4. The maximum Gasteiger partial charge on any atom is 0.122 e. The van der Waals surface area contributed by atoms with Gasteiger partial charge in [0, 0.05) is 6.07 Å². The lowest BCUT2D eigenvalue weighted by Crippen LogP contribution is -2.25. The third kappa shape index (κ3) is 3.26. The van der Waals surface area contributed by atoms with Gasteiger partial charge in [0.15, 0.2) is 0 Å². The number of hydrogen-bond donors (Lipinski definition) is 1. The van der Waals surface area contributed by atoms with E-state index in [9.17, 15) is 5.11 Å². The summed E-state index contributed by atoms with van der Waals surface area (Å²) in [5.74, 6) is 3.23. The normalized spacial score (nSPS) is 27.9. The lowest BCUT2D eigenvalue weighted by molar-refractivity contribution is 0.0558. The molecule has 3 heteroatoms. The molecular formula is C17H26O3. The average Bonchev–Trinajstić information content (AvgIpc) is 2.48. The molecule has 1 fully saturated rings. The standard InChI is InChI=1S/C17H26O3/c1-11-5-6-13(7-12(11)2)17(18)14-8-15(19-3)10-16(9-14)20-4/h8-13,17-18H,5-7H2,1-4H3. The summed E-state index contributed by atoms with van der Waals surface area (Å²) in [6.45, 7) is 4.59. The van der Waals surface area contributed by atoms with E-state index in [0.717, 1.165) is 35.8 Å². The van der Waals surface area contributed by atoms with Crippen LogP contribution in [0, 0.1) is 17.8 Å². The maximum atomic E-state index is 10.7. The van der Waals surface area contributed by atoms with Crippen molar-refractivity contribution in [2.24, 2.45) is 17.8 Å². The van der Waals surface area contributed by atoms with Gasteiger partial charge in [-0.25, -0.2) is 0 Å². The van der Waals surface area contributed by atoms with Gasteiger partial charge in [-0.3, -0.25) is 0 Å². The second kappa shape index (κ2) is 6.49. The van der Waals surface area contributed by atoms with Crippen molar-refractivity contribution in [2.45, 2.75) is 39.2 Å². The summed E-state index contributed by atoms with van der Waals surface area (Å²) < 4.78 is 10.6. The molecule has 20 heavy (non-hydrogen) atoms. The number of ether oxygens (including phenoxy) is 2. The zero-order chi connectivity index (χ0) is 14.7. The van der Waals surface area contributed by atoms with E-state index >= 15 is 0 Å². The Morgan fingerprint density at radius 3 is 2.10 bits per heavy atom. The van der Waals surface area contributed by atoms with Crippen molar-refractivity contribution < 1.29 is 14.6 Å². The first-order valence-electron chi connectivity index (χ1n) is 7.46. The lowest BCUT2D eigenvalue weighted by Gasteiger charge is -2.35. The Morgan fingerprint density at radius 1 is 1.00 bits per heavy atom. The summed E-state index contributed by atoms with van der Waals surface area (Å²) >= 11 is 0. The van der Waals surface area contributed by atoms with Gasteiger partial charge >= 0.3 is 0 Å². The molecule has 1 N–H and O–H groups in total. The molecule has 1 aromatic rings. The Bertz CT molecular complexity index is 422. The molecule has 4 atom stereocenters. The first kappa shape index (κ1) is 15.2. The number of hydrogen-bond acceptors (Lipinski definition) is 3. The monoisotopic (exact) mass is 278 g/mol. The van der Waals surface area contributed by atoms with Crippen LogP contribution in [0.4, 0.5) is 0 Å². The van der Waals surface area contributed by atoms with Gasteiger partial charge in [-0.05, 0) is 48.3 Å². The molecule has 4 unspecified atom stereocenters. The van der Waals surface area contributed by atoms with Gasteiger partial charge in [-0.1, -0.05) is 20.3 Å². The highest BCUT2D eigenvalue weighted by Gasteiger charge is 2.30. The SMILES string of the molecule is COc1cc(OC)cc(C(O)C2CCC(C)C(C)C2)c1. The Labute approximate surface area is 121 Å². The first-order chi connectivity index (χ1) is 9.55. The third-order valence-electron chi connectivity index (χ3n) is 4.80. The molecule has 0 radical (unpaired) electrons. The van der Waals surface area contributed by atoms with Crippen LogP contribution < -0.4 is 9.47 Å². The quantitative estimate of drug-likeness (QED) is 0.910. The highest BCUT2D eigenvalue weighted by molar-refractivity contribution is 5.39. The van der Waals surface area contributed by atoms with Crippen molar-refractivity contribution in [2.75, 3.05) is 14.2 Å². The van der Waals surface area contributed by atoms with E-state index in [1.165, 1.54) is 6.42 Å². The van der Waals surface area contributed by atoms with Crippen LogP contribution in [0.5, 0.6) is 11.5 Å². The molecule has 0 saturated heterocycles. The summed E-state index contributed by atoms with van der Waals surface area (Å²) in [4.78, 5) is 0. The predicted molar refractivity (Wildman–Crippen MR) is 80.2 cm³/mol. The van der Waals surface area contributed by atoms with Crippen LogP contribution in [-0.4, -0.2) is 19.3 Å². The first-order valence-corrected chi connectivity index (χ1v) is 7.46. The van der Waals surface area contributed by atoms with E-state index in [-0.39, 0.29) is 0 Å². The van der Waals surface area contributed by atoms with Crippen molar-refractivity contribution in [1.82, 2.24) is 0 Å². The summed E-state index contributed by atoms with van der Waals surface area (Å²) in [6, 6.07) is 5.66. The minimum Gasteiger partial charge on any atom is -0.497 e. The lowest BCUT2D eigenvalue weighted by atomic mass is 9.73. The van der Waals surface area contributed by atoms with E-state index in [4.69, 9.17) is 9.47 Å². The van der Waals surface area contributed by atoms with Gasteiger partial charge in [0.25, 0.3) is 0 Å². The number of methoxy groups -OCH3 is 2. The van der Waals surface area contributed by atoms with E-state index in [0.29, 0.717) is 11.8 Å². The van der Waals surface area contributed by atoms with E-state index in [2.05, 4.69) is 13.8 Å². The average molecular weight is 278 g/mol. The molecule has 2 rings (SSSR count). The van der Waals surface area contributed by atoms with Crippen LogP contribution >= 0.6 is 0 Å². The summed E-state index contributed by atoms with van der Waals surface area (Å²) in [7, 11) is 3.27. The van der Waals surface area contributed by atoms with E-state index < -0.39 is 6.10 Å². The number of aliphatic hydroxyl groups is 1. The number of aliphatic hydroxyl groups excluding tert-OH is 1. The molecular weight excluding hydrogens is 252 g/mol. The summed E-state index contributed by atoms with van der Waals surface area (Å²) in [5.41, 5.74) is 0.896. The number of benzene rings is 1. The molecule has 3 nitrogen and oxygen atoms in total. The molecule has 1 saturated carbocycles. The molecule has 0 aromatic heterocycles. The molecule has 0 bridgehead atoms. The van der Waals surface area contributed by atoms with Gasteiger partial charge in [0.1, 0.15) is 11.5 Å². The third-order valence-corrected chi connectivity index (χ3v) is 4.80. The van der Waals surface area contributed by atoms with Gasteiger partial charge in [0.2, 0.25) is 0 Å². The molecule has 0 heterocycles. The summed E-state index contributed by atoms with van der Waals surface area (Å²) in [6.07, 6.45) is 2.94. The topological polar surface area (TPSA) is 38.7 Å². The van der Waals surface area contributed by atoms with Crippen LogP contribution in [0.25, 0.3) is 0 Å². The maximum absolute atomic E-state index is 10.7. The Balaban J connectivity index is 2.17. The largest absolute Gasteiger partial charge is 0.497 e. The molecule has 1 aromatic carbocycles. The molecule has 0 aliphatic heterocycles. The zero-order valence-electron chi connectivity index (χ0n) is 12.9. The van der Waals surface area contributed by atoms with Crippen molar-refractivity contribution >= 4 is 0 Å². The van der Waals surface area contributed by atoms with Gasteiger partial charge in [-0.2, -0.15) is 0 Å². The Hall–Kier alpha value is -1.22. The van der Waals surface area contributed by atoms with E-state index in [1.54, 1.807) is 14.2 Å². The molecule has 1 aliphatic rings. The highest BCUT2D eigenvalue weighted by atomic mass is 16.5. The fraction of sp³-hybridized carbons (Fsp3) is 0.647. The Morgan fingerprint density at radius 2 is 1.60 bits per heavy atom.